The van der Waals surface area contributed by atoms with E-state index < -0.39 is 6.04 Å². The van der Waals surface area contributed by atoms with Crippen molar-refractivity contribution in [3.05, 3.63) is 51.7 Å². The highest BCUT2D eigenvalue weighted by Crippen LogP contribution is 2.15. The van der Waals surface area contributed by atoms with Gasteiger partial charge in [-0.2, -0.15) is 0 Å². The van der Waals surface area contributed by atoms with E-state index in [9.17, 15) is 9.59 Å². The average molecular weight is 395 g/mol. The molecule has 1 N–H and O–H groups in total. The number of hydrogen-bond acceptors (Lipinski definition) is 4. The van der Waals surface area contributed by atoms with Crippen LogP contribution in [0.25, 0.3) is 0 Å². The second-order valence-electron chi connectivity index (χ2n) is 6.23. The largest absolute Gasteiger partial charge is 0.492 e. The normalized spacial score (nSPS) is 11.9. The zero-order valence-corrected chi connectivity index (χ0v) is 16.6. The number of carbonyl (C=O) groups is 2. The Balaban J connectivity index is 1.88. The van der Waals surface area contributed by atoms with Gasteiger partial charge in [-0.05, 0) is 41.6 Å². The van der Waals surface area contributed by atoms with E-state index in [4.69, 9.17) is 16.3 Å². The number of nitrogens with zero attached hydrogens (tertiary/aromatic N) is 1. The van der Waals surface area contributed by atoms with Crippen LogP contribution in [0.15, 0.2) is 41.8 Å². The molecule has 0 saturated carbocycles. The molecule has 26 heavy (non-hydrogen) atoms. The van der Waals surface area contributed by atoms with Gasteiger partial charge in [-0.1, -0.05) is 31.5 Å². The summed E-state index contributed by atoms with van der Waals surface area (Å²) in [7, 11) is 1.71. The fourth-order valence-corrected chi connectivity index (χ4v) is 3.07. The maximum atomic E-state index is 12.7. The van der Waals surface area contributed by atoms with E-state index in [0.717, 1.165) is 0 Å². The van der Waals surface area contributed by atoms with Gasteiger partial charge in [0.1, 0.15) is 18.4 Å². The average Bonchev–Trinajstić information content (AvgIpc) is 3.15. The Morgan fingerprint density at radius 2 is 1.92 bits per heavy atom. The summed E-state index contributed by atoms with van der Waals surface area (Å²) in [6, 6.07) is 10.0. The molecule has 2 amide bonds. The van der Waals surface area contributed by atoms with Crippen molar-refractivity contribution in [2.24, 2.45) is 5.92 Å². The number of benzene rings is 1. The molecule has 0 spiro atoms. The molecule has 0 aliphatic carbocycles. The Hall–Kier alpha value is -2.05. The molecule has 2 rings (SSSR count). The Morgan fingerprint density at radius 3 is 2.50 bits per heavy atom. The first-order valence-electron chi connectivity index (χ1n) is 8.36. The minimum atomic E-state index is -0.579. The van der Waals surface area contributed by atoms with Gasteiger partial charge < -0.3 is 15.0 Å². The standard InChI is InChI=1S/C19H23ClN2O3S/c1-13(2)17(21-18(23)16-5-4-12-26-16)19(24)22(3)10-11-25-15-8-6-14(20)7-9-15/h4-9,12-13,17H,10-11H2,1-3H3,(H,21,23). The van der Waals surface area contributed by atoms with Crippen LogP contribution >= 0.6 is 22.9 Å². The molecule has 1 atom stereocenters. The number of halogens is 1. The first-order valence-corrected chi connectivity index (χ1v) is 9.62. The Bertz CT molecular complexity index is 717. The lowest BCUT2D eigenvalue weighted by Gasteiger charge is -2.27. The van der Waals surface area contributed by atoms with Gasteiger partial charge in [0.2, 0.25) is 5.91 Å². The lowest BCUT2D eigenvalue weighted by Crippen LogP contribution is -2.50. The van der Waals surface area contributed by atoms with Crippen molar-refractivity contribution in [2.45, 2.75) is 19.9 Å². The number of ether oxygens (including phenoxy) is 1. The maximum Gasteiger partial charge on any atom is 0.262 e. The van der Waals surface area contributed by atoms with Crippen molar-refractivity contribution in [3.8, 4) is 5.75 Å². The second-order valence-corrected chi connectivity index (χ2v) is 7.62. The highest BCUT2D eigenvalue weighted by Gasteiger charge is 2.27. The van der Waals surface area contributed by atoms with Gasteiger partial charge >= 0.3 is 0 Å². The smallest absolute Gasteiger partial charge is 0.262 e. The SMILES string of the molecule is CC(C)C(NC(=O)c1cccs1)C(=O)N(C)CCOc1ccc(Cl)cc1. The zero-order chi connectivity index (χ0) is 19.1. The van der Waals surface area contributed by atoms with E-state index in [-0.39, 0.29) is 17.7 Å². The molecule has 0 aliphatic heterocycles. The predicted molar refractivity (Wildman–Crippen MR) is 105 cm³/mol. The van der Waals surface area contributed by atoms with Crippen LogP contribution in [0.2, 0.25) is 5.02 Å². The summed E-state index contributed by atoms with van der Waals surface area (Å²) in [6.07, 6.45) is 0. The molecule has 0 bridgehead atoms. The molecule has 7 heteroatoms. The maximum absolute atomic E-state index is 12.7. The quantitative estimate of drug-likeness (QED) is 0.742. The number of nitrogens with one attached hydrogen (secondary N) is 1. The summed E-state index contributed by atoms with van der Waals surface area (Å²) >= 11 is 7.19. The van der Waals surface area contributed by atoms with Gasteiger partial charge in [0.15, 0.2) is 0 Å². The highest BCUT2D eigenvalue weighted by molar-refractivity contribution is 7.12. The van der Waals surface area contributed by atoms with Crippen molar-refractivity contribution < 1.29 is 14.3 Å². The first kappa shape index (κ1) is 20.3. The summed E-state index contributed by atoms with van der Waals surface area (Å²) in [5.41, 5.74) is 0. The molecule has 0 aliphatic rings. The Kier molecular flexibility index (Phi) is 7.48. The van der Waals surface area contributed by atoms with E-state index >= 15 is 0 Å². The van der Waals surface area contributed by atoms with Gasteiger partial charge in [0.05, 0.1) is 11.4 Å². The number of hydrogen-bond donors (Lipinski definition) is 1. The molecule has 0 fully saturated rings. The fourth-order valence-electron chi connectivity index (χ4n) is 2.31. The van der Waals surface area contributed by atoms with Gasteiger partial charge in [-0.15, -0.1) is 11.3 Å². The van der Waals surface area contributed by atoms with E-state index in [1.54, 1.807) is 42.3 Å². The van der Waals surface area contributed by atoms with E-state index in [0.29, 0.717) is 28.8 Å². The number of thiophene rings is 1. The second kappa shape index (κ2) is 9.59. The third kappa shape index (κ3) is 5.75. The Morgan fingerprint density at radius 1 is 1.23 bits per heavy atom. The van der Waals surface area contributed by atoms with Crippen molar-refractivity contribution in [1.82, 2.24) is 10.2 Å². The minimum absolute atomic E-state index is 0.0222. The minimum Gasteiger partial charge on any atom is -0.492 e. The molecule has 5 nitrogen and oxygen atoms in total. The van der Waals surface area contributed by atoms with Crippen molar-refractivity contribution in [3.63, 3.8) is 0 Å². The van der Waals surface area contributed by atoms with Crippen LogP contribution < -0.4 is 10.1 Å². The van der Waals surface area contributed by atoms with Crippen molar-refractivity contribution in [1.29, 1.82) is 0 Å². The molecule has 0 radical (unpaired) electrons. The van der Waals surface area contributed by atoms with E-state index in [1.165, 1.54) is 11.3 Å². The summed E-state index contributed by atoms with van der Waals surface area (Å²) in [4.78, 5) is 27.2. The third-order valence-electron chi connectivity index (χ3n) is 3.85. The van der Waals surface area contributed by atoms with Crippen LogP contribution in [-0.2, 0) is 4.79 Å². The zero-order valence-electron chi connectivity index (χ0n) is 15.1. The molecule has 1 unspecified atom stereocenters. The molecule has 1 aromatic heterocycles. The van der Waals surface area contributed by atoms with Crippen LogP contribution in [0.5, 0.6) is 5.75 Å². The number of likely N-dealkylation sites (N-methyl/N-ethyl adjacent to an activating group) is 1. The third-order valence-corrected chi connectivity index (χ3v) is 4.97. The van der Waals surface area contributed by atoms with Crippen LogP contribution in [-0.4, -0.2) is 43.0 Å². The molecule has 1 heterocycles. The van der Waals surface area contributed by atoms with Gasteiger partial charge in [0, 0.05) is 12.1 Å². The Labute approximate surface area is 162 Å². The highest BCUT2D eigenvalue weighted by atomic mass is 35.5. The fraction of sp³-hybridized carbons (Fsp3) is 0.368. The van der Waals surface area contributed by atoms with E-state index in [2.05, 4.69) is 5.32 Å². The van der Waals surface area contributed by atoms with Gasteiger partial charge in [-0.3, -0.25) is 9.59 Å². The van der Waals surface area contributed by atoms with Crippen LogP contribution in [0.3, 0.4) is 0 Å². The number of carbonyl (C=O) groups excluding carboxylic acids is 2. The molecular formula is C19H23ClN2O3S. The van der Waals surface area contributed by atoms with Crippen molar-refractivity contribution >= 4 is 34.8 Å². The lowest BCUT2D eigenvalue weighted by atomic mass is 10.0. The van der Waals surface area contributed by atoms with Crippen LogP contribution in [0.1, 0.15) is 23.5 Å². The van der Waals surface area contributed by atoms with Crippen LogP contribution in [0.4, 0.5) is 0 Å². The predicted octanol–water partition coefficient (Wildman–Crippen LogP) is 3.69. The first-order chi connectivity index (χ1) is 12.4. The number of rotatable bonds is 8. The van der Waals surface area contributed by atoms with E-state index in [1.807, 2.05) is 25.3 Å². The molecular weight excluding hydrogens is 372 g/mol. The molecule has 140 valence electrons. The summed E-state index contributed by atoms with van der Waals surface area (Å²) in [5.74, 6) is 0.315. The molecule has 2 aromatic rings. The topological polar surface area (TPSA) is 58.6 Å². The number of amides is 2. The summed E-state index contributed by atoms with van der Waals surface area (Å²) < 4.78 is 5.62. The van der Waals surface area contributed by atoms with Crippen LogP contribution in [0, 0.1) is 5.92 Å². The molecule has 1 aromatic carbocycles. The summed E-state index contributed by atoms with van der Waals surface area (Å²) in [5, 5.41) is 5.32. The van der Waals surface area contributed by atoms with Gasteiger partial charge in [-0.25, -0.2) is 0 Å². The monoisotopic (exact) mass is 394 g/mol. The van der Waals surface area contributed by atoms with Crippen molar-refractivity contribution in [2.75, 3.05) is 20.2 Å². The molecule has 0 saturated heterocycles. The lowest BCUT2D eigenvalue weighted by molar-refractivity contribution is -0.133. The summed E-state index contributed by atoms with van der Waals surface area (Å²) in [6.45, 7) is 4.59. The van der Waals surface area contributed by atoms with Gasteiger partial charge in [0.25, 0.3) is 5.91 Å².